The van der Waals surface area contributed by atoms with Gasteiger partial charge in [-0.1, -0.05) is 18.2 Å². The molecule has 1 saturated heterocycles. The van der Waals surface area contributed by atoms with Gasteiger partial charge in [0.1, 0.15) is 12.4 Å². The summed E-state index contributed by atoms with van der Waals surface area (Å²) in [6.07, 6.45) is -3.48. The average Bonchev–Trinajstić information content (AvgIpc) is 2.97. The van der Waals surface area contributed by atoms with Crippen LogP contribution < -0.4 is 15.4 Å². The van der Waals surface area contributed by atoms with E-state index >= 15 is 0 Å². The highest BCUT2D eigenvalue weighted by atomic mass is 127. The molecule has 1 aromatic rings. The number of guanidine groups is 1. The first-order chi connectivity index (χ1) is 12.0. The molecule has 1 aliphatic rings. The molecule has 26 heavy (non-hydrogen) atoms. The Labute approximate surface area is 169 Å². The van der Waals surface area contributed by atoms with E-state index in [-0.39, 0.29) is 30.0 Å². The maximum Gasteiger partial charge on any atom is 0.401 e. The lowest BCUT2D eigenvalue weighted by molar-refractivity contribution is -0.143. The van der Waals surface area contributed by atoms with Crippen molar-refractivity contribution >= 4 is 29.9 Å². The number of nitrogens with one attached hydrogen (secondary N) is 2. The Morgan fingerprint density at radius 2 is 2.04 bits per heavy atom. The maximum atomic E-state index is 12.5. The van der Waals surface area contributed by atoms with Gasteiger partial charge in [0.25, 0.3) is 0 Å². The SMILES string of the molecule is CCNC(=NCCOc1ccccc1)NC1CCN(CC(F)(F)F)C1.I. The molecule has 1 fully saturated rings. The fourth-order valence-electron chi connectivity index (χ4n) is 2.70. The fourth-order valence-corrected chi connectivity index (χ4v) is 2.70. The van der Waals surface area contributed by atoms with E-state index in [1.165, 1.54) is 4.90 Å². The Bertz CT molecular complexity index is 543. The Kier molecular flexibility index (Phi) is 10.1. The quantitative estimate of drug-likeness (QED) is 0.270. The zero-order valence-electron chi connectivity index (χ0n) is 14.8. The first kappa shape index (κ1) is 22.8. The molecule has 0 bridgehead atoms. The van der Waals surface area contributed by atoms with Crippen LogP contribution in [-0.4, -0.2) is 62.4 Å². The summed E-state index contributed by atoms with van der Waals surface area (Å²) in [5.74, 6) is 1.40. The molecule has 2 rings (SSSR count). The van der Waals surface area contributed by atoms with Gasteiger partial charge in [0.05, 0.1) is 13.1 Å². The summed E-state index contributed by atoms with van der Waals surface area (Å²) >= 11 is 0. The number of rotatable bonds is 7. The van der Waals surface area contributed by atoms with Crippen molar-refractivity contribution in [3.8, 4) is 5.75 Å². The lowest BCUT2D eigenvalue weighted by Crippen LogP contribution is -2.45. The van der Waals surface area contributed by atoms with E-state index in [1.54, 1.807) is 0 Å². The van der Waals surface area contributed by atoms with Gasteiger partial charge in [-0.05, 0) is 25.5 Å². The number of benzene rings is 1. The topological polar surface area (TPSA) is 48.9 Å². The smallest absolute Gasteiger partial charge is 0.401 e. The molecule has 0 spiro atoms. The average molecular weight is 486 g/mol. The second kappa shape index (κ2) is 11.5. The standard InChI is InChI=1S/C17H25F3N4O.HI/c1-2-21-16(22-9-11-25-15-6-4-3-5-7-15)23-14-8-10-24(12-14)13-17(18,19)20;/h3-7,14H,2,8-13H2,1H3,(H2,21,22,23);1H. The van der Waals surface area contributed by atoms with Crippen LogP contribution in [-0.2, 0) is 0 Å². The van der Waals surface area contributed by atoms with Gasteiger partial charge in [-0.25, -0.2) is 4.99 Å². The third kappa shape index (κ3) is 8.93. The number of halogens is 4. The predicted octanol–water partition coefficient (Wildman–Crippen LogP) is 2.88. The van der Waals surface area contributed by atoms with Crippen LogP contribution in [0.4, 0.5) is 13.2 Å². The number of hydrogen-bond donors (Lipinski definition) is 2. The summed E-state index contributed by atoms with van der Waals surface area (Å²) in [4.78, 5) is 5.84. The van der Waals surface area contributed by atoms with Crippen LogP contribution in [0.5, 0.6) is 5.75 Å². The maximum absolute atomic E-state index is 12.5. The highest BCUT2D eigenvalue weighted by molar-refractivity contribution is 14.0. The van der Waals surface area contributed by atoms with Crippen molar-refractivity contribution in [3.63, 3.8) is 0 Å². The second-order valence-corrected chi connectivity index (χ2v) is 5.90. The summed E-state index contributed by atoms with van der Waals surface area (Å²) in [6, 6.07) is 9.44. The minimum Gasteiger partial charge on any atom is -0.492 e. The van der Waals surface area contributed by atoms with Gasteiger partial charge in [-0.15, -0.1) is 24.0 Å². The van der Waals surface area contributed by atoms with Gasteiger partial charge in [0.2, 0.25) is 0 Å². The molecule has 0 amide bonds. The molecule has 0 radical (unpaired) electrons. The van der Waals surface area contributed by atoms with E-state index in [0.29, 0.717) is 45.2 Å². The monoisotopic (exact) mass is 486 g/mol. The third-order valence-corrected chi connectivity index (χ3v) is 3.73. The van der Waals surface area contributed by atoms with E-state index in [9.17, 15) is 13.2 Å². The summed E-state index contributed by atoms with van der Waals surface area (Å²) < 4.78 is 42.9. The summed E-state index contributed by atoms with van der Waals surface area (Å²) in [5, 5.41) is 6.32. The van der Waals surface area contributed by atoms with Crippen LogP contribution in [0.15, 0.2) is 35.3 Å². The largest absolute Gasteiger partial charge is 0.492 e. The van der Waals surface area contributed by atoms with Gasteiger partial charge in [0.15, 0.2) is 5.96 Å². The van der Waals surface area contributed by atoms with Crippen LogP contribution in [0.2, 0.25) is 0 Å². The molecule has 0 aliphatic carbocycles. The minimum absolute atomic E-state index is 0. The van der Waals surface area contributed by atoms with E-state index in [1.807, 2.05) is 37.3 Å². The van der Waals surface area contributed by atoms with Crippen LogP contribution in [0, 0.1) is 0 Å². The summed E-state index contributed by atoms with van der Waals surface area (Å²) in [7, 11) is 0. The number of alkyl halides is 3. The van der Waals surface area contributed by atoms with Crippen LogP contribution in [0.25, 0.3) is 0 Å². The third-order valence-electron chi connectivity index (χ3n) is 3.73. The van der Waals surface area contributed by atoms with Crippen molar-refractivity contribution in [1.29, 1.82) is 0 Å². The highest BCUT2D eigenvalue weighted by Gasteiger charge is 2.34. The zero-order chi connectivity index (χ0) is 18.1. The summed E-state index contributed by atoms with van der Waals surface area (Å²) in [5.41, 5.74) is 0. The first-order valence-electron chi connectivity index (χ1n) is 8.48. The number of aliphatic imine (C=N–C) groups is 1. The lowest BCUT2D eigenvalue weighted by atomic mass is 10.3. The van der Waals surface area contributed by atoms with Crippen molar-refractivity contribution in [2.75, 3.05) is 39.3 Å². The van der Waals surface area contributed by atoms with Crippen molar-refractivity contribution in [2.24, 2.45) is 4.99 Å². The Hall–Kier alpha value is -1.23. The minimum atomic E-state index is -4.15. The highest BCUT2D eigenvalue weighted by Crippen LogP contribution is 2.19. The van der Waals surface area contributed by atoms with Gasteiger partial charge in [0, 0.05) is 25.7 Å². The predicted molar refractivity (Wildman–Crippen MR) is 107 cm³/mol. The molecule has 1 heterocycles. The first-order valence-corrected chi connectivity index (χ1v) is 8.48. The molecule has 1 aliphatic heterocycles. The van der Waals surface area contributed by atoms with Crippen molar-refractivity contribution in [3.05, 3.63) is 30.3 Å². The van der Waals surface area contributed by atoms with E-state index < -0.39 is 12.7 Å². The molecule has 9 heteroatoms. The number of nitrogens with zero attached hydrogens (tertiary/aromatic N) is 2. The number of hydrogen-bond acceptors (Lipinski definition) is 3. The summed E-state index contributed by atoms with van der Waals surface area (Å²) in [6.45, 7) is 3.48. The van der Waals surface area contributed by atoms with Crippen LogP contribution >= 0.6 is 24.0 Å². The van der Waals surface area contributed by atoms with Crippen molar-refractivity contribution in [1.82, 2.24) is 15.5 Å². The molecule has 0 saturated carbocycles. The molecule has 1 atom stereocenters. The van der Waals surface area contributed by atoms with Crippen LogP contribution in [0.3, 0.4) is 0 Å². The number of para-hydroxylation sites is 1. The molecule has 0 aromatic heterocycles. The van der Waals surface area contributed by atoms with Crippen molar-refractivity contribution < 1.29 is 17.9 Å². The number of likely N-dealkylation sites (tertiary alicyclic amines) is 1. The zero-order valence-corrected chi connectivity index (χ0v) is 17.1. The molecule has 148 valence electrons. The van der Waals surface area contributed by atoms with Gasteiger partial charge in [-0.2, -0.15) is 13.2 Å². The molecule has 5 nitrogen and oxygen atoms in total. The Morgan fingerprint density at radius 3 is 2.69 bits per heavy atom. The van der Waals surface area contributed by atoms with Crippen molar-refractivity contribution in [2.45, 2.75) is 25.6 Å². The van der Waals surface area contributed by atoms with E-state index in [0.717, 1.165) is 5.75 Å². The Balaban J connectivity index is 0.00000338. The Morgan fingerprint density at radius 1 is 1.31 bits per heavy atom. The van der Waals surface area contributed by atoms with Crippen LogP contribution in [0.1, 0.15) is 13.3 Å². The lowest BCUT2D eigenvalue weighted by Gasteiger charge is -2.19. The fraction of sp³-hybridized carbons (Fsp3) is 0.588. The normalized spacial score (nSPS) is 18.3. The molecule has 1 unspecified atom stereocenters. The van der Waals surface area contributed by atoms with Gasteiger partial charge >= 0.3 is 6.18 Å². The molecule has 2 N–H and O–H groups in total. The number of ether oxygens (including phenoxy) is 1. The molecular weight excluding hydrogens is 460 g/mol. The molecule has 1 aromatic carbocycles. The molecular formula is C17H26F3IN4O. The van der Waals surface area contributed by atoms with E-state index in [2.05, 4.69) is 15.6 Å². The van der Waals surface area contributed by atoms with Gasteiger partial charge in [-0.3, -0.25) is 4.90 Å². The van der Waals surface area contributed by atoms with Gasteiger partial charge < -0.3 is 15.4 Å². The van der Waals surface area contributed by atoms with E-state index in [4.69, 9.17) is 4.74 Å². The second-order valence-electron chi connectivity index (χ2n) is 5.90.